The Morgan fingerprint density at radius 1 is 0.900 bits per heavy atom. The summed E-state index contributed by atoms with van der Waals surface area (Å²) in [6.45, 7) is 0. The first-order valence-corrected chi connectivity index (χ1v) is 7.06. The molecule has 1 N–H and O–H groups in total. The van der Waals surface area contributed by atoms with Gasteiger partial charge in [-0.2, -0.15) is 0 Å². The van der Waals surface area contributed by atoms with Gasteiger partial charge in [-0.1, -0.05) is 52.3 Å². The summed E-state index contributed by atoms with van der Waals surface area (Å²) < 4.78 is 14.7. The zero-order chi connectivity index (χ0) is 14.1. The second-order valence-electron chi connectivity index (χ2n) is 4.67. The summed E-state index contributed by atoms with van der Waals surface area (Å²) in [5.74, 6) is -0.393. The minimum atomic E-state index is -0.954. The van der Waals surface area contributed by atoms with Crippen LogP contribution in [0.2, 0.25) is 0 Å². The molecule has 0 radical (unpaired) electrons. The van der Waals surface area contributed by atoms with E-state index in [2.05, 4.69) is 15.9 Å². The van der Waals surface area contributed by atoms with Crippen LogP contribution in [0.15, 0.2) is 65.1 Å². The summed E-state index contributed by atoms with van der Waals surface area (Å²) in [5, 5.41) is 12.4. The van der Waals surface area contributed by atoms with E-state index >= 15 is 0 Å². The first-order valence-electron chi connectivity index (χ1n) is 6.27. The molecule has 3 aromatic carbocycles. The van der Waals surface area contributed by atoms with Crippen molar-refractivity contribution in [2.45, 2.75) is 6.10 Å². The third-order valence-electron chi connectivity index (χ3n) is 3.34. The van der Waals surface area contributed by atoms with Crippen LogP contribution >= 0.6 is 15.9 Å². The van der Waals surface area contributed by atoms with Crippen molar-refractivity contribution >= 4 is 26.7 Å². The van der Waals surface area contributed by atoms with Gasteiger partial charge >= 0.3 is 0 Å². The van der Waals surface area contributed by atoms with E-state index in [4.69, 9.17) is 0 Å². The number of benzene rings is 3. The molecule has 1 unspecified atom stereocenters. The molecule has 0 amide bonds. The fourth-order valence-corrected chi connectivity index (χ4v) is 2.66. The Balaban J connectivity index is 2.06. The molecule has 0 spiro atoms. The number of fused-ring (bicyclic) bond motifs is 1. The van der Waals surface area contributed by atoms with Gasteiger partial charge in [0.1, 0.15) is 11.9 Å². The van der Waals surface area contributed by atoms with Gasteiger partial charge in [-0.3, -0.25) is 0 Å². The van der Waals surface area contributed by atoms with Crippen molar-refractivity contribution in [3.8, 4) is 0 Å². The van der Waals surface area contributed by atoms with Crippen LogP contribution in [0.5, 0.6) is 0 Å². The molecule has 0 heterocycles. The molecule has 0 aliphatic rings. The molecular formula is C17H12BrFO. The smallest absolute Gasteiger partial charge is 0.129 e. The molecule has 3 heteroatoms. The van der Waals surface area contributed by atoms with Crippen molar-refractivity contribution in [3.05, 3.63) is 82.1 Å². The number of aliphatic hydroxyl groups excluding tert-OH is 1. The van der Waals surface area contributed by atoms with Crippen LogP contribution < -0.4 is 0 Å². The normalized spacial score (nSPS) is 12.6. The first kappa shape index (κ1) is 13.3. The van der Waals surface area contributed by atoms with Crippen molar-refractivity contribution in [3.63, 3.8) is 0 Å². The monoisotopic (exact) mass is 330 g/mol. The lowest BCUT2D eigenvalue weighted by molar-refractivity contribution is 0.215. The Morgan fingerprint density at radius 3 is 2.40 bits per heavy atom. The largest absolute Gasteiger partial charge is 0.384 e. The molecule has 0 aliphatic carbocycles. The molecule has 3 rings (SSSR count). The predicted molar refractivity (Wildman–Crippen MR) is 82.1 cm³/mol. The maximum atomic E-state index is 13.7. The van der Waals surface area contributed by atoms with Crippen LogP contribution in [0.3, 0.4) is 0 Å². The molecule has 0 saturated carbocycles. The predicted octanol–water partition coefficient (Wildman–Crippen LogP) is 4.82. The van der Waals surface area contributed by atoms with Crippen LogP contribution in [-0.4, -0.2) is 5.11 Å². The minimum Gasteiger partial charge on any atom is -0.384 e. The quantitative estimate of drug-likeness (QED) is 0.714. The number of halogens is 2. The van der Waals surface area contributed by atoms with Crippen molar-refractivity contribution in [1.82, 2.24) is 0 Å². The summed E-state index contributed by atoms with van der Waals surface area (Å²) in [6, 6.07) is 17.9. The highest BCUT2D eigenvalue weighted by Crippen LogP contribution is 2.28. The number of rotatable bonds is 2. The Labute approximate surface area is 124 Å². The summed E-state index contributed by atoms with van der Waals surface area (Å²) in [4.78, 5) is 0. The number of hydrogen-bond acceptors (Lipinski definition) is 1. The maximum absolute atomic E-state index is 13.7. The van der Waals surface area contributed by atoms with Crippen LogP contribution in [-0.2, 0) is 0 Å². The highest BCUT2D eigenvalue weighted by atomic mass is 79.9. The molecule has 0 saturated heterocycles. The molecule has 20 heavy (non-hydrogen) atoms. The third kappa shape index (κ3) is 2.47. The summed E-state index contributed by atoms with van der Waals surface area (Å²) in [5.41, 5.74) is 0.980. The Hall–Kier alpha value is -1.71. The molecule has 0 fully saturated rings. The fourth-order valence-electron chi connectivity index (χ4n) is 2.28. The highest BCUT2D eigenvalue weighted by molar-refractivity contribution is 9.10. The lowest BCUT2D eigenvalue weighted by Gasteiger charge is -2.13. The van der Waals surface area contributed by atoms with Gasteiger partial charge in [-0.05, 0) is 40.6 Å². The van der Waals surface area contributed by atoms with E-state index in [1.165, 1.54) is 6.07 Å². The Bertz CT molecular complexity index is 770. The second-order valence-corrected chi connectivity index (χ2v) is 5.59. The average molecular weight is 331 g/mol. The maximum Gasteiger partial charge on any atom is 0.129 e. The van der Waals surface area contributed by atoms with Crippen LogP contribution in [0, 0.1) is 5.82 Å². The van der Waals surface area contributed by atoms with Gasteiger partial charge in [0.05, 0.1) is 0 Å². The van der Waals surface area contributed by atoms with Crippen LogP contribution in [0.4, 0.5) is 4.39 Å². The van der Waals surface area contributed by atoms with E-state index in [1.807, 2.05) is 36.4 Å². The van der Waals surface area contributed by atoms with E-state index in [-0.39, 0.29) is 0 Å². The van der Waals surface area contributed by atoms with Crippen LogP contribution in [0.1, 0.15) is 17.2 Å². The van der Waals surface area contributed by atoms with Crippen molar-refractivity contribution in [2.24, 2.45) is 0 Å². The zero-order valence-corrected chi connectivity index (χ0v) is 12.1. The molecule has 1 nitrogen and oxygen atoms in total. The van der Waals surface area contributed by atoms with Gasteiger partial charge in [0, 0.05) is 10.0 Å². The van der Waals surface area contributed by atoms with E-state index in [0.29, 0.717) is 11.1 Å². The van der Waals surface area contributed by atoms with Gasteiger partial charge in [0.25, 0.3) is 0 Å². The van der Waals surface area contributed by atoms with Gasteiger partial charge in [0.15, 0.2) is 0 Å². The lowest BCUT2D eigenvalue weighted by Crippen LogP contribution is -2.02. The molecule has 0 aliphatic heterocycles. The minimum absolute atomic E-state index is 0.295. The zero-order valence-electron chi connectivity index (χ0n) is 10.6. The summed E-state index contributed by atoms with van der Waals surface area (Å²) in [7, 11) is 0. The summed E-state index contributed by atoms with van der Waals surface area (Å²) >= 11 is 3.43. The Kier molecular flexibility index (Phi) is 3.55. The van der Waals surface area contributed by atoms with E-state index in [1.54, 1.807) is 18.2 Å². The van der Waals surface area contributed by atoms with Crippen molar-refractivity contribution in [1.29, 1.82) is 0 Å². The van der Waals surface area contributed by atoms with Crippen molar-refractivity contribution < 1.29 is 9.50 Å². The second kappa shape index (κ2) is 5.35. The van der Waals surface area contributed by atoms with Crippen molar-refractivity contribution in [2.75, 3.05) is 0 Å². The SMILES string of the molecule is OC(c1ccc2cc(Br)ccc2c1)c1ccccc1F. The topological polar surface area (TPSA) is 20.2 Å². The standard InChI is InChI=1S/C17H12BrFO/c18-14-8-7-11-9-13(6-5-12(11)10-14)17(20)15-3-1-2-4-16(15)19/h1-10,17,20H. The van der Waals surface area contributed by atoms with Gasteiger partial charge in [-0.25, -0.2) is 4.39 Å². The highest BCUT2D eigenvalue weighted by Gasteiger charge is 2.14. The van der Waals surface area contributed by atoms with Gasteiger partial charge in [-0.15, -0.1) is 0 Å². The van der Waals surface area contributed by atoms with Crippen LogP contribution in [0.25, 0.3) is 10.8 Å². The lowest BCUT2D eigenvalue weighted by atomic mass is 9.98. The molecule has 1 atom stereocenters. The molecule has 3 aromatic rings. The van der Waals surface area contributed by atoms with Gasteiger partial charge < -0.3 is 5.11 Å². The number of hydrogen-bond donors (Lipinski definition) is 1. The first-order chi connectivity index (χ1) is 9.65. The van der Waals surface area contributed by atoms with Gasteiger partial charge in [0.2, 0.25) is 0 Å². The summed E-state index contributed by atoms with van der Waals surface area (Å²) in [6.07, 6.45) is -0.954. The van der Waals surface area contributed by atoms with E-state index in [9.17, 15) is 9.50 Å². The van der Waals surface area contributed by atoms with E-state index in [0.717, 1.165) is 15.2 Å². The molecule has 0 aromatic heterocycles. The number of aliphatic hydroxyl groups is 1. The Morgan fingerprint density at radius 2 is 1.60 bits per heavy atom. The average Bonchev–Trinajstić information content (AvgIpc) is 2.46. The van der Waals surface area contributed by atoms with E-state index < -0.39 is 11.9 Å². The molecule has 0 bridgehead atoms. The molecular weight excluding hydrogens is 319 g/mol. The fraction of sp³-hybridized carbons (Fsp3) is 0.0588. The third-order valence-corrected chi connectivity index (χ3v) is 3.84. The molecule has 100 valence electrons.